The molecule has 5 nitrogen and oxygen atoms in total. The molecule has 0 saturated carbocycles. The molecule has 1 aromatic carbocycles. The number of nitrogens with zero attached hydrogens (tertiary/aromatic N) is 2. The third kappa shape index (κ3) is 4.66. The maximum Gasteiger partial charge on any atom is 0.242 e. The Morgan fingerprint density at radius 3 is 2.80 bits per heavy atom. The fraction of sp³-hybridized carbons (Fsp3) is 0.474. The minimum absolute atomic E-state index is 0.0723. The zero-order chi connectivity index (χ0) is 17.8. The van der Waals surface area contributed by atoms with Crippen molar-refractivity contribution in [2.45, 2.75) is 39.2 Å². The summed E-state index contributed by atoms with van der Waals surface area (Å²) in [5.41, 5.74) is 1.05. The van der Waals surface area contributed by atoms with Gasteiger partial charge in [-0.3, -0.25) is 9.69 Å². The molecule has 1 N–H and O–H groups in total. The molecular weight excluding hydrogens is 321 g/mol. The van der Waals surface area contributed by atoms with Crippen molar-refractivity contribution in [2.24, 2.45) is 5.92 Å². The van der Waals surface area contributed by atoms with Crippen LogP contribution in [0.25, 0.3) is 0 Å². The fourth-order valence-electron chi connectivity index (χ4n) is 3.36. The summed E-state index contributed by atoms with van der Waals surface area (Å²) in [5.74, 6) is 1.41. The topological polar surface area (TPSA) is 58.4 Å². The summed E-state index contributed by atoms with van der Waals surface area (Å²) in [7, 11) is 0. The highest BCUT2D eigenvalue weighted by atomic mass is 19.1. The zero-order valence-electron chi connectivity index (χ0n) is 14.7. The van der Waals surface area contributed by atoms with E-state index < -0.39 is 0 Å². The van der Waals surface area contributed by atoms with Gasteiger partial charge >= 0.3 is 0 Å². The van der Waals surface area contributed by atoms with Crippen molar-refractivity contribution in [3.05, 3.63) is 47.5 Å². The molecule has 2 aromatic rings. The Bertz CT molecular complexity index is 723. The van der Waals surface area contributed by atoms with Crippen LogP contribution in [0, 0.1) is 18.7 Å². The Kier molecular flexibility index (Phi) is 5.48. The molecule has 1 aliphatic rings. The summed E-state index contributed by atoms with van der Waals surface area (Å²) in [6, 6.07) is 8.32. The SMILES string of the molecule is Cc1cc(NC(=O)C(C)N2CCC(Cc3cccc(F)c3)CC2)no1. The van der Waals surface area contributed by atoms with Crippen LogP contribution in [0.1, 0.15) is 31.1 Å². The number of rotatable bonds is 5. The minimum atomic E-state index is -0.216. The number of piperidine rings is 1. The van der Waals surface area contributed by atoms with Gasteiger partial charge in [-0.25, -0.2) is 4.39 Å². The van der Waals surface area contributed by atoms with E-state index in [1.165, 1.54) is 6.07 Å². The second kappa shape index (κ2) is 7.78. The number of aryl methyl sites for hydroxylation is 1. The smallest absolute Gasteiger partial charge is 0.242 e. The molecular formula is C19H24FN3O2. The van der Waals surface area contributed by atoms with E-state index in [1.54, 1.807) is 25.1 Å². The van der Waals surface area contributed by atoms with Gasteiger partial charge in [0.25, 0.3) is 0 Å². The second-order valence-corrected chi connectivity index (χ2v) is 6.80. The van der Waals surface area contributed by atoms with Gasteiger partial charge in [-0.05, 0) is 69.8 Å². The minimum Gasteiger partial charge on any atom is -0.360 e. The first-order valence-corrected chi connectivity index (χ1v) is 8.74. The number of aromatic nitrogens is 1. The maximum atomic E-state index is 13.3. The molecule has 1 fully saturated rings. The monoisotopic (exact) mass is 345 g/mol. The summed E-state index contributed by atoms with van der Waals surface area (Å²) in [6.45, 7) is 5.43. The van der Waals surface area contributed by atoms with E-state index in [1.807, 2.05) is 13.0 Å². The molecule has 2 heterocycles. The third-order valence-electron chi connectivity index (χ3n) is 4.87. The molecule has 1 unspecified atom stereocenters. The predicted octanol–water partition coefficient (Wildman–Crippen LogP) is 3.40. The van der Waals surface area contributed by atoms with Crippen LogP contribution in [0.2, 0.25) is 0 Å². The number of amides is 1. The van der Waals surface area contributed by atoms with Crippen molar-refractivity contribution < 1.29 is 13.7 Å². The van der Waals surface area contributed by atoms with Crippen molar-refractivity contribution in [3.8, 4) is 0 Å². The van der Waals surface area contributed by atoms with Gasteiger partial charge in [-0.2, -0.15) is 0 Å². The van der Waals surface area contributed by atoms with Crippen molar-refractivity contribution >= 4 is 11.7 Å². The van der Waals surface area contributed by atoms with E-state index in [4.69, 9.17) is 4.52 Å². The van der Waals surface area contributed by atoms with Gasteiger partial charge in [0.05, 0.1) is 6.04 Å². The second-order valence-electron chi connectivity index (χ2n) is 6.80. The molecule has 134 valence electrons. The first kappa shape index (κ1) is 17.6. The average Bonchev–Trinajstić information content (AvgIpc) is 3.00. The zero-order valence-corrected chi connectivity index (χ0v) is 14.7. The van der Waals surface area contributed by atoms with Crippen LogP contribution in [0.5, 0.6) is 0 Å². The summed E-state index contributed by atoms with van der Waals surface area (Å²) >= 11 is 0. The summed E-state index contributed by atoms with van der Waals surface area (Å²) in [4.78, 5) is 14.5. The van der Waals surface area contributed by atoms with Crippen LogP contribution >= 0.6 is 0 Å². The van der Waals surface area contributed by atoms with Gasteiger partial charge in [-0.15, -0.1) is 0 Å². The predicted molar refractivity (Wildman–Crippen MR) is 93.7 cm³/mol. The Morgan fingerprint density at radius 1 is 1.40 bits per heavy atom. The van der Waals surface area contributed by atoms with Crippen molar-refractivity contribution in [1.82, 2.24) is 10.1 Å². The highest BCUT2D eigenvalue weighted by Crippen LogP contribution is 2.23. The number of halogens is 1. The van der Waals surface area contributed by atoms with Crippen LogP contribution in [0.15, 0.2) is 34.9 Å². The highest BCUT2D eigenvalue weighted by molar-refractivity contribution is 5.93. The van der Waals surface area contributed by atoms with Crippen molar-refractivity contribution in [3.63, 3.8) is 0 Å². The molecule has 0 radical (unpaired) electrons. The average molecular weight is 345 g/mol. The van der Waals surface area contributed by atoms with E-state index in [9.17, 15) is 9.18 Å². The number of nitrogens with one attached hydrogen (secondary N) is 1. The molecule has 1 atom stereocenters. The lowest BCUT2D eigenvalue weighted by atomic mass is 9.89. The molecule has 25 heavy (non-hydrogen) atoms. The summed E-state index contributed by atoms with van der Waals surface area (Å²) < 4.78 is 18.3. The number of carbonyl (C=O) groups excluding carboxylic acids is 1. The fourth-order valence-corrected chi connectivity index (χ4v) is 3.36. The maximum absolute atomic E-state index is 13.3. The number of hydrogen-bond donors (Lipinski definition) is 1. The lowest BCUT2D eigenvalue weighted by Gasteiger charge is -2.35. The molecule has 3 rings (SSSR count). The van der Waals surface area contributed by atoms with Gasteiger partial charge in [0.2, 0.25) is 5.91 Å². The normalized spacial score (nSPS) is 17.4. The van der Waals surface area contributed by atoms with Crippen molar-refractivity contribution in [2.75, 3.05) is 18.4 Å². The number of hydrogen-bond acceptors (Lipinski definition) is 4. The first-order valence-electron chi connectivity index (χ1n) is 8.74. The molecule has 1 aromatic heterocycles. The molecule has 0 spiro atoms. The van der Waals surface area contributed by atoms with Crippen molar-refractivity contribution in [1.29, 1.82) is 0 Å². The third-order valence-corrected chi connectivity index (χ3v) is 4.87. The molecule has 1 amide bonds. The molecule has 0 bridgehead atoms. The van der Waals surface area contributed by atoms with E-state index in [2.05, 4.69) is 15.4 Å². The van der Waals surface area contributed by atoms with Crippen LogP contribution in [-0.4, -0.2) is 35.1 Å². The Balaban J connectivity index is 1.48. The number of anilines is 1. The molecule has 6 heteroatoms. The van der Waals surface area contributed by atoms with Gasteiger partial charge < -0.3 is 9.84 Å². The number of carbonyl (C=O) groups is 1. The van der Waals surface area contributed by atoms with Crippen LogP contribution in [0.3, 0.4) is 0 Å². The molecule has 0 aliphatic carbocycles. The Hall–Kier alpha value is -2.21. The standard InChI is InChI=1S/C19H24FN3O2/c1-13-10-18(22-25-13)21-19(24)14(2)23-8-6-15(7-9-23)11-16-4-3-5-17(20)12-16/h3-5,10,12,14-15H,6-9,11H2,1-2H3,(H,21,22,24). The highest BCUT2D eigenvalue weighted by Gasteiger charge is 2.27. The first-order chi connectivity index (χ1) is 12.0. The van der Waals surface area contributed by atoms with Crippen LogP contribution in [-0.2, 0) is 11.2 Å². The van der Waals surface area contributed by atoms with Crippen LogP contribution < -0.4 is 5.32 Å². The number of benzene rings is 1. The lowest BCUT2D eigenvalue weighted by Crippen LogP contribution is -2.46. The van der Waals surface area contributed by atoms with E-state index in [0.29, 0.717) is 17.5 Å². The van der Waals surface area contributed by atoms with E-state index in [-0.39, 0.29) is 17.8 Å². The van der Waals surface area contributed by atoms with Gasteiger partial charge in [0.15, 0.2) is 5.82 Å². The van der Waals surface area contributed by atoms with Crippen LogP contribution in [0.4, 0.5) is 10.2 Å². The molecule has 1 saturated heterocycles. The number of likely N-dealkylation sites (tertiary alicyclic amines) is 1. The summed E-state index contributed by atoms with van der Waals surface area (Å²) in [6.07, 6.45) is 2.92. The molecule has 1 aliphatic heterocycles. The van der Waals surface area contributed by atoms with Gasteiger partial charge in [-0.1, -0.05) is 17.3 Å². The largest absolute Gasteiger partial charge is 0.360 e. The Labute approximate surface area is 147 Å². The Morgan fingerprint density at radius 2 is 2.16 bits per heavy atom. The summed E-state index contributed by atoms with van der Waals surface area (Å²) in [5, 5.41) is 6.58. The van der Waals surface area contributed by atoms with E-state index >= 15 is 0 Å². The van der Waals surface area contributed by atoms with E-state index in [0.717, 1.165) is 37.9 Å². The van der Waals surface area contributed by atoms with Gasteiger partial charge in [0.1, 0.15) is 11.6 Å². The lowest BCUT2D eigenvalue weighted by molar-refractivity contribution is -0.121. The quantitative estimate of drug-likeness (QED) is 0.902. The van der Waals surface area contributed by atoms with Gasteiger partial charge in [0, 0.05) is 6.07 Å².